The van der Waals surface area contributed by atoms with Crippen molar-refractivity contribution in [3.05, 3.63) is 76.0 Å². The van der Waals surface area contributed by atoms with Crippen LogP contribution >= 0.6 is 0 Å². The van der Waals surface area contributed by atoms with Gasteiger partial charge in [-0.05, 0) is 17.7 Å². The Hall–Kier alpha value is -3.55. The minimum atomic E-state index is -0.682. The minimum absolute atomic E-state index is 0.00566. The van der Waals surface area contributed by atoms with Gasteiger partial charge in [0.15, 0.2) is 5.69 Å². The van der Waals surface area contributed by atoms with E-state index in [0.29, 0.717) is 10.8 Å². The van der Waals surface area contributed by atoms with Crippen LogP contribution in [0.2, 0.25) is 0 Å². The molecule has 1 heterocycles. The molecule has 0 aliphatic rings. The molecular weight excluding hydrogens is 339 g/mol. The topological polar surface area (TPSA) is 93.1 Å². The molecule has 0 saturated heterocycles. The van der Waals surface area contributed by atoms with Crippen molar-refractivity contribution < 1.29 is 14.0 Å². The third-order valence-corrected chi connectivity index (χ3v) is 3.80. The van der Waals surface area contributed by atoms with E-state index in [1.54, 1.807) is 30.3 Å². The number of fused-ring (bicyclic) bond motifs is 1. The van der Waals surface area contributed by atoms with E-state index in [1.165, 1.54) is 25.2 Å². The fraction of sp³-hybridized carbons (Fsp3) is 0.111. The van der Waals surface area contributed by atoms with Gasteiger partial charge in [0.1, 0.15) is 5.82 Å². The summed E-state index contributed by atoms with van der Waals surface area (Å²) in [5.41, 5.74) is 4.34. The monoisotopic (exact) mass is 354 g/mol. The number of aromatic nitrogens is 2. The van der Waals surface area contributed by atoms with Gasteiger partial charge in [0, 0.05) is 12.4 Å². The third-order valence-electron chi connectivity index (χ3n) is 3.80. The molecule has 2 N–H and O–H groups in total. The summed E-state index contributed by atoms with van der Waals surface area (Å²) in [6, 6.07) is 12.4. The van der Waals surface area contributed by atoms with Crippen molar-refractivity contribution in [3.63, 3.8) is 0 Å². The Morgan fingerprint density at radius 3 is 2.42 bits per heavy atom. The molecule has 0 radical (unpaired) electrons. The van der Waals surface area contributed by atoms with Crippen LogP contribution in [-0.4, -0.2) is 21.6 Å². The smallest absolute Gasteiger partial charge is 0.273 e. The Kier molecular flexibility index (Phi) is 4.74. The average Bonchev–Trinajstić information content (AvgIpc) is 2.64. The van der Waals surface area contributed by atoms with Gasteiger partial charge >= 0.3 is 0 Å². The molecule has 0 unspecified atom stereocenters. The summed E-state index contributed by atoms with van der Waals surface area (Å²) in [5.74, 6) is -1.77. The molecule has 0 aliphatic carbocycles. The number of nitrogens with one attached hydrogen (secondary N) is 2. The van der Waals surface area contributed by atoms with Gasteiger partial charge in [-0.1, -0.05) is 36.4 Å². The van der Waals surface area contributed by atoms with Crippen LogP contribution in [0.5, 0.6) is 0 Å². The molecule has 8 heteroatoms. The number of hydrogen-bond donors (Lipinski definition) is 2. The lowest BCUT2D eigenvalue weighted by molar-refractivity contribution is -0.121. The Balaban J connectivity index is 1.76. The van der Waals surface area contributed by atoms with Crippen LogP contribution in [0.15, 0.2) is 53.3 Å². The van der Waals surface area contributed by atoms with Gasteiger partial charge in [-0.3, -0.25) is 25.2 Å². The van der Waals surface area contributed by atoms with Crippen LogP contribution in [0.3, 0.4) is 0 Å². The second-order valence-corrected chi connectivity index (χ2v) is 5.59. The van der Waals surface area contributed by atoms with Crippen molar-refractivity contribution in [3.8, 4) is 0 Å². The number of rotatable bonds is 3. The fourth-order valence-electron chi connectivity index (χ4n) is 2.51. The molecule has 0 spiro atoms. The molecule has 0 atom stereocenters. The lowest BCUT2D eigenvalue weighted by Gasteiger charge is -2.10. The average molecular weight is 354 g/mol. The van der Waals surface area contributed by atoms with Crippen LogP contribution in [-0.2, 0) is 18.3 Å². The van der Waals surface area contributed by atoms with E-state index >= 15 is 0 Å². The summed E-state index contributed by atoms with van der Waals surface area (Å²) < 4.78 is 14.6. The number of nitrogens with zero attached hydrogens (tertiary/aromatic N) is 2. The number of amides is 2. The van der Waals surface area contributed by atoms with Crippen LogP contribution in [0.1, 0.15) is 16.1 Å². The summed E-state index contributed by atoms with van der Waals surface area (Å²) >= 11 is 0. The largest absolute Gasteiger partial charge is 0.290 e. The van der Waals surface area contributed by atoms with E-state index in [4.69, 9.17) is 0 Å². The van der Waals surface area contributed by atoms with E-state index < -0.39 is 17.6 Å². The summed E-state index contributed by atoms with van der Waals surface area (Å²) in [6.07, 6.45) is -0.228. The Bertz CT molecular complexity index is 1060. The van der Waals surface area contributed by atoms with Crippen molar-refractivity contribution in [2.24, 2.45) is 7.05 Å². The molecule has 3 rings (SSSR count). The van der Waals surface area contributed by atoms with Gasteiger partial charge in [-0.2, -0.15) is 5.10 Å². The highest BCUT2D eigenvalue weighted by molar-refractivity contribution is 6.05. The van der Waals surface area contributed by atoms with E-state index in [1.807, 2.05) is 0 Å². The normalized spacial score (nSPS) is 10.5. The molecule has 1 aromatic heterocycles. The van der Waals surface area contributed by atoms with Gasteiger partial charge in [0.2, 0.25) is 5.91 Å². The highest BCUT2D eigenvalue weighted by Gasteiger charge is 2.16. The maximum atomic E-state index is 13.6. The number of aryl methyl sites for hydroxylation is 1. The molecule has 0 bridgehead atoms. The quantitative estimate of drug-likeness (QED) is 0.688. The van der Waals surface area contributed by atoms with E-state index in [9.17, 15) is 18.8 Å². The highest BCUT2D eigenvalue weighted by Crippen LogP contribution is 2.12. The van der Waals surface area contributed by atoms with E-state index in [2.05, 4.69) is 16.0 Å². The van der Waals surface area contributed by atoms with Crippen LogP contribution in [0, 0.1) is 5.82 Å². The molecule has 3 aromatic rings. The summed E-state index contributed by atoms with van der Waals surface area (Å²) in [6.45, 7) is 0. The number of halogens is 1. The van der Waals surface area contributed by atoms with Gasteiger partial charge < -0.3 is 0 Å². The first-order valence-corrected chi connectivity index (χ1v) is 7.76. The molecular formula is C18H15FN4O3. The predicted molar refractivity (Wildman–Crippen MR) is 92.7 cm³/mol. The standard InChI is InChI=1S/C18H15FN4O3/c1-23-18(26)13-8-4-3-7-12(13)16(22-23)17(25)21-20-15(24)10-11-6-2-5-9-14(11)19/h2-9H,10H2,1H3,(H,20,24)(H,21,25). The number of carbonyl (C=O) groups excluding carboxylic acids is 2. The molecule has 0 fully saturated rings. The first kappa shape index (κ1) is 17.3. The zero-order chi connectivity index (χ0) is 18.7. The summed E-state index contributed by atoms with van der Waals surface area (Å²) in [5, 5.41) is 4.67. The van der Waals surface area contributed by atoms with Crippen LogP contribution in [0.25, 0.3) is 10.8 Å². The first-order valence-electron chi connectivity index (χ1n) is 7.76. The van der Waals surface area contributed by atoms with Crippen molar-refractivity contribution >= 4 is 22.6 Å². The molecule has 132 valence electrons. The SMILES string of the molecule is Cn1nc(C(=O)NNC(=O)Cc2ccccc2F)c2ccccc2c1=O. The molecule has 2 aromatic carbocycles. The van der Waals surface area contributed by atoms with Gasteiger partial charge in [0.05, 0.1) is 11.8 Å². The molecule has 26 heavy (non-hydrogen) atoms. The second kappa shape index (κ2) is 7.14. The number of carbonyl (C=O) groups is 2. The lowest BCUT2D eigenvalue weighted by atomic mass is 10.1. The Labute approximate surface area is 147 Å². The predicted octanol–water partition coefficient (Wildman–Crippen LogP) is 1.08. The van der Waals surface area contributed by atoms with Gasteiger partial charge in [0.25, 0.3) is 11.5 Å². The summed E-state index contributed by atoms with van der Waals surface area (Å²) in [7, 11) is 1.43. The first-order chi connectivity index (χ1) is 12.5. The van der Waals surface area contributed by atoms with Gasteiger partial charge in [-0.25, -0.2) is 9.07 Å². The number of benzene rings is 2. The maximum Gasteiger partial charge on any atom is 0.290 e. The maximum absolute atomic E-state index is 13.6. The molecule has 0 saturated carbocycles. The minimum Gasteiger partial charge on any atom is -0.273 e. The zero-order valence-corrected chi connectivity index (χ0v) is 13.8. The Morgan fingerprint density at radius 2 is 1.69 bits per heavy atom. The zero-order valence-electron chi connectivity index (χ0n) is 13.8. The number of hydrogen-bond acceptors (Lipinski definition) is 4. The van der Waals surface area contributed by atoms with Crippen LogP contribution in [0.4, 0.5) is 4.39 Å². The van der Waals surface area contributed by atoms with Crippen molar-refractivity contribution in [1.82, 2.24) is 20.6 Å². The Morgan fingerprint density at radius 1 is 1.04 bits per heavy atom. The van der Waals surface area contributed by atoms with E-state index in [0.717, 1.165) is 4.68 Å². The number of hydrazine groups is 1. The van der Waals surface area contributed by atoms with Crippen molar-refractivity contribution in [2.45, 2.75) is 6.42 Å². The van der Waals surface area contributed by atoms with Crippen LogP contribution < -0.4 is 16.4 Å². The van der Waals surface area contributed by atoms with Gasteiger partial charge in [-0.15, -0.1) is 0 Å². The molecule has 2 amide bonds. The molecule has 7 nitrogen and oxygen atoms in total. The summed E-state index contributed by atoms with van der Waals surface area (Å²) in [4.78, 5) is 36.4. The van der Waals surface area contributed by atoms with E-state index in [-0.39, 0.29) is 23.2 Å². The second-order valence-electron chi connectivity index (χ2n) is 5.59. The third kappa shape index (κ3) is 3.44. The lowest BCUT2D eigenvalue weighted by Crippen LogP contribution is -2.43. The fourth-order valence-corrected chi connectivity index (χ4v) is 2.51. The molecule has 0 aliphatic heterocycles. The van der Waals surface area contributed by atoms with Crippen molar-refractivity contribution in [2.75, 3.05) is 0 Å². The van der Waals surface area contributed by atoms with Crippen molar-refractivity contribution in [1.29, 1.82) is 0 Å². The highest BCUT2D eigenvalue weighted by atomic mass is 19.1.